The first-order valence-corrected chi connectivity index (χ1v) is 10.7. The topological polar surface area (TPSA) is 0 Å². The van der Waals surface area contributed by atoms with E-state index in [-0.39, 0.29) is 0 Å². The monoisotopic (exact) mass is 282 g/mol. The van der Waals surface area contributed by atoms with Crippen LogP contribution in [0.1, 0.15) is 33.1 Å². The molecule has 1 heteroatoms. The summed E-state index contributed by atoms with van der Waals surface area (Å²) in [5.74, 6) is 0.722. The molecule has 2 aliphatic rings. The van der Waals surface area contributed by atoms with Crippen LogP contribution in [0.3, 0.4) is 0 Å². The smallest absolute Gasteiger partial charge is 0.0797 e. The number of hydrogen-bond acceptors (Lipinski definition) is 0. The molecular formula is C19H26Si. The van der Waals surface area contributed by atoms with Crippen molar-refractivity contribution in [3.05, 3.63) is 54.1 Å². The molecule has 106 valence electrons. The standard InChI is InChI=1S/C19H26Si/c1-3-16(2)17-11-12-19(15-17)20(13-7-8-14-20)18-9-5-4-6-10-18/h4-6,9-12,15-16,19H,3,7-8,13-14H2,1-2H3. The minimum atomic E-state index is -1.34. The van der Waals surface area contributed by atoms with E-state index in [0.717, 1.165) is 11.5 Å². The summed E-state index contributed by atoms with van der Waals surface area (Å²) in [4.78, 5) is 0. The van der Waals surface area contributed by atoms with Gasteiger partial charge in [-0.05, 0) is 23.5 Å². The third-order valence-corrected chi connectivity index (χ3v) is 11.1. The van der Waals surface area contributed by atoms with E-state index in [9.17, 15) is 0 Å². The van der Waals surface area contributed by atoms with E-state index in [4.69, 9.17) is 0 Å². The molecule has 0 aromatic heterocycles. The molecule has 1 aromatic carbocycles. The second-order valence-corrected chi connectivity index (χ2v) is 11.1. The molecule has 20 heavy (non-hydrogen) atoms. The molecule has 1 aliphatic heterocycles. The largest absolute Gasteiger partial charge is 0.0971 e. The maximum Gasteiger partial charge on any atom is 0.0971 e. The number of benzene rings is 1. The van der Waals surface area contributed by atoms with Crippen molar-refractivity contribution >= 4 is 13.3 Å². The van der Waals surface area contributed by atoms with Crippen LogP contribution in [0.15, 0.2) is 54.1 Å². The van der Waals surface area contributed by atoms with Gasteiger partial charge in [-0.1, -0.05) is 92.5 Å². The molecule has 0 bridgehead atoms. The fourth-order valence-corrected chi connectivity index (χ4v) is 9.50. The Labute approximate surface area is 124 Å². The molecule has 1 aliphatic carbocycles. The van der Waals surface area contributed by atoms with Gasteiger partial charge in [0.15, 0.2) is 0 Å². The Morgan fingerprint density at radius 1 is 1.15 bits per heavy atom. The highest BCUT2D eigenvalue weighted by atomic mass is 28.3. The SMILES string of the molecule is CCC(C)C1=CC([Si]2(c3ccccc3)CCCC2)C=C1. The Morgan fingerprint density at radius 2 is 1.85 bits per heavy atom. The Balaban J connectivity index is 1.94. The summed E-state index contributed by atoms with van der Waals surface area (Å²) >= 11 is 0. The van der Waals surface area contributed by atoms with Crippen molar-refractivity contribution in [3.8, 4) is 0 Å². The van der Waals surface area contributed by atoms with Crippen LogP contribution >= 0.6 is 0 Å². The van der Waals surface area contributed by atoms with Crippen LogP contribution in [0.5, 0.6) is 0 Å². The van der Waals surface area contributed by atoms with Crippen molar-refractivity contribution in [1.82, 2.24) is 0 Å². The van der Waals surface area contributed by atoms with Crippen molar-refractivity contribution < 1.29 is 0 Å². The zero-order valence-electron chi connectivity index (χ0n) is 12.8. The third kappa shape index (κ3) is 2.33. The zero-order valence-corrected chi connectivity index (χ0v) is 13.8. The van der Waals surface area contributed by atoms with Crippen LogP contribution in [-0.2, 0) is 0 Å². The van der Waals surface area contributed by atoms with E-state index >= 15 is 0 Å². The minimum Gasteiger partial charge on any atom is -0.0797 e. The van der Waals surface area contributed by atoms with Crippen LogP contribution < -0.4 is 5.19 Å². The quantitative estimate of drug-likeness (QED) is 0.678. The first-order chi connectivity index (χ1) is 9.76. The molecule has 2 unspecified atom stereocenters. The second-order valence-electron chi connectivity index (χ2n) is 6.59. The molecule has 3 rings (SSSR count). The van der Waals surface area contributed by atoms with Gasteiger partial charge in [-0.2, -0.15) is 0 Å². The van der Waals surface area contributed by atoms with E-state index in [1.54, 1.807) is 10.8 Å². The van der Waals surface area contributed by atoms with E-state index < -0.39 is 8.07 Å². The highest BCUT2D eigenvalue weighted by molar-refractivity contribution is 6.94. The predicted octanol–water partition coefficient (Wildman–Crippen LogP) is 5.05. The summed E-state index contributed by atoms with van der Waals surface area (Å²) in [6.45, 7) is 4.66. The van der Waals surface area contributed by atoms with Gasteiger partial charge in [0, 0.05) is 0 Å². The maximum absolute atomic E-state index is 2.62. The number of rotatable bonds is 4. The highest BCUT2D eigenvalue weighted by Crippen LogP contribution is 2.44. The molecule has 0 amide bonds. The molecule has 0 spiro atoms. The Hall–Kier alpha value is -1.08. The van der Waals surface area contributed by atoms with Crippen LogP contribution in [0.25, 0.3) is 0 Å². The fraction of sp³-hybridized carbons (Fsp3) is 0.474. The average Bonchev–Trinajstić information content (AvgIpc) is 3.17. The van der Waals surface area contributed by atoms with Crippen molar-refractivity contribution in [2.24, 2.45) is 5.92 Å². The summed E-state index contributed by atoms with van der Waals surface area (Å²) in [7, 11) is -1.34. The van der Waals surface area contributed by atoms with Crippen molar-refractivity contribution in [1.29, 1.82) is 0 Å². The van der Waals surface area contributed by atoms with Crippen LogP contribution in [-0.4, -0.2) is 8.07 Å². The van der Waals surface area contributed by atoms with Crippen LogP contribution in [0, 0.1) is 5.92 Å². The fourth-order valence-electron chi connectivity index (χ4n) is 4.03. The third-order valence-electron chi connectivity index (χ3n) is 5.53. The van der Waals surface area contributed by atoms with Gasteiger partial charge in [0.05, 0.1) is 8.07 Å². The number of hydrogen-bond donors (Lipinski definition) is 0. The lowest BCUT2D eigenvalue weighted by Gasteiger charge is -2.32. The van der Waals surface area contributed by atoms with Gasteiger partial charge < -0.3 is 0 Å². The molecule has 1 fully saturated rings. The Kier molecular flexibility index (Phi) is 3.98. The zero-order chi connectivity index (χ0) is 14.0. The summed E-state index contributed by atoms with van der Waals surface area (Å²) in [5, 5.41) is 1.69. The second kappa shape index (κ2) is 5.73. The normalized spacial score (nSPS) is 25.7. The molecule has 1 heterocycles. The van der Waals surface area contributed by atoms with Gasteiger partial charge in [-0.15, -0.1) is 0 Å². The summed E-state index contributed by atoms with van der Waals surface area (Å²) in [6, 6.07) is 14.4. The summed E-state index contributed by atoms with van der Waals surface area (Å²) in [5.41, 5.74) is 2.34. The number of allylic oxidation sites excluding steroid dienone is 4. The lowest BCUT2D eigenvalue weighted by molar-refractivity contribution is 0.671. The van der Waals surface area contributed by atoms with Gasteiger partial charge in [0.2, 0.25) is 0 Å². The minimum absolute atomic E-state index is 0.722. The van der Waals surface area contributed by atoms with Crippen molar-refractivity contribution in [3.63, 3.8) is 0 Å². The molecule has 0 saturated carbocycles. The molecule has 0 N–H and O–H groups in total. The van der Waals surface area contributed by atoms with E-state index in [1.807, 2.05) is 0 Å². The average molecular weight is 283 g/mol. The lowest BCUT2D eigenvalue weighted by Crippen LogP contribution is -2.48. The Bertz CT molecular complexity index is 506. The molecule has 2 atom stereocenters. The molecule has 0 radical (unpaired) electrons. The van der Waals surface area contributed by atoms with Gasteiger partial charge >= 0.3 is 0 Å². The van der Waals surface area contributed by atoms with E-state index in [0.29, 0.717) is 0 Å². The van der Waals surface area contributed by atoms with Gasteiger partial charge in [0.1, 0.15) is 0 Å². The summed E-state index contributed by atoms with van der Waals surface area (Å²) < 4.78 is 0. The van der Waals surface area contributed by atoms with Crippen molar-refractivity contribution in [2.75, 3.05) is 0 Å². The Morgan fingerprint density at radius 3 is 2.50 bits per heavy atom. The first kappa shape index (κ1) is 13.9. The van der Waals surface area contributed by atoms with E-state index in [2.05, 4.69) is 62.4 Å². The van der Waals surface area contributed by atoms with Gasteiger partial charge in [-0.3, -0.25) is 0 Å². The lowest BCUT2D eigenvalue weighted by atomic mass is 10.0. The maximum atomic E-state index is 2.62. The van der Waals surface area contributed by atoms with Crippen LogP contribution in [0.2, 0.25) is 17.6 Å². The van der Waals surface area contributed by atoms with E-state index in [1.165, 1.54) is 31.4 Å². The molecular weight excluding hydrogens is 256 g/mol. The van der Waals surface area contributed by atoms with Crippen LogP contribution in [0.4, 0.5) is 0 Å². The molecule has 0 nitrogen and oxygen atoms in total. The summed E-state index contributed by atoms with van der Waals surface area (Å²) in [6.07, 6.45) is 11.7. The predicted molar refractivity (Wildman–Crippen MR) is 91.1 cm³/mol. The van der Waals surface area contributed by atoms with Gasteiger partial charge in [-0.25, -0.2) is 0 Å². The van der Waals surface area contributed by atoms with Crippen molar-refractivity contribution in [2.45, 2.75) is 50.7 Å². The van der Waals surface area contributed by atoms with Gasteiger partial charge in [0.25, 0.3) is 0 Å². The first-order valence-electron chi connectivity index (χ1n) is 8.22. The molecule has 1 aromatic rings. The molecule has 1 saturated heterocycles. The highest BCUT2D eigenvalue weighted by Gasteiger charge is 2.44.